The van der Waals surface area contributed by atoms with Crippen LogP contribution < -0.4 is 25.6 Å². The summed E-state index contributed by atoms with van der Waals surface area (Å²) in [6.45, 7) is 7.63. The molecule has 0 spiro atoms. The molecule has 2 aromatic carbocycles. The lowest BCUT2D eigenvalue weighted by Crippen LogP contribution is -2.46. The first-order chi connectivity index (χ1) is 19.2. The van der Waals surface area contributed by atoms with E-state index in [0.29, 0.717) is 28.1 Å². The molecule has 0 atom stereocenters. The van der Waals surface area contributed by atoms with E-state index in [-0.39, 0.29) is 25.7 Å². The number of amides is 2. The molecule has 1 aliphatic heterocycles. The van der Waals surface area contributed by atoms with Gasteiger partial charge in [0.15, 0.2) is 6.73 Å². The summed E-state index contributed by atoms with van der Waals surface area (Å²) in [6.07, 6.45) is 1.87. The maximum atomic E-state index is 12.3. The third kappa shape index (κ3) is 9.26. The van der Waals surface area contributed by atoms with Crippen LogP contribution in [0.4, 0.5) is 11.4 Å². The molecule has 0 bridgehead atoms. The number of nitrogens with zero attached hydrogens (tertiary/aromatic N) is 3. The van der Waals surface area contributed by atoms with E-state index in [1.54, 1.807) is 12.1 Å². The van der Waals surface area contributed by atoms with Gasteiger partial charge in [-0.1, -0.05) is 35.3 Å². The molecule has 0 saturated carbocycles. The second-order valence-electron chi connectivity index (χ2n) is 9.48. The second kappa shape index (κ2) is 15.7. The van der Waals surface area contributed by atoms with Gasteiger partial charge >= 0.3 is 5.97 Å². The summed E-state index contributed by atoms with van der Waals surface area (Å²) in [5, 5.41) is 3.52. The van der Waals surface area contributed by atoms with Gasteiger partial charge in [0.1, 0.15) is 12.3 Å². The molecule has 0 aromatic heterocycles. The van der Waals surface area contributed by atoms with Gasteiger partial charge < -0.3 is 25.4 Å². The molecular weight excluding hydrogens is 557 g/mol. The monoisotopic (exact) mass is 593 g/mol. The molecule has 3 N–H and O–H groups in total. The number of unbranched alkanes of at least 4 members (excludes halogenated alkanes) is 1. The fraction of sp³-hybridized carbons (Fsp3) is 0.464. The van der Waals surface area contributed by atoms with Crippen molar-refractivity contribution in [3.8, 4) is 5.75 Å². The van der Waals surface area contributed by atoms with E-state index in [9.17, 15) is 14.4 Å². The predicted octanol–water partition coefficient (Wildman–Crippen LogP) is 3.21. The van der Waals surface area contributed by atoms with E-state index < -0.39 is 11.9 Å². The molecule has 1 fully saturated rings. The molecule has 3 rings (SSSR count). The van der Waals surface area contributed by atoms with E-state index in [1.165, 1.54) is 11.8 Å². The highest BCUT2D eigenvalue weighted by Gasteiger charge is 2.20. The first-order valence-corrected chi connectivity index (χ1v) is 14.0. The quantitative estimate of drug-likeness (QED) is 0.206. The number of nitrogens with one attached hydrogen (secondary N) is 1. The van der Waals surface area contributed by atoms with Gasteiger partial charge in [-0.2, -0.15) is 0 Å². The molecule has 2 aromatic rings. The number of carbonyl (C=O) groups is 3. The van der Waals surface area contributed by atoms with Gasteiger partial charge in [0.25, 0.3) is 0 Å². The number of rotatable bonds is 13. The largest absolute Gasteiger partial charge is 0.494 e. The summed E-state index contributed by atoms with van der Waals surface area (Å²) in [5.74, 6) is -0.812. The van der Waals surface area contributed by atoms with Gasteiger partial charge in [0.2, 0.25) is 11.8 Å². The van der Waals surface area contributed by atoms with Crippen LogP contribution in [0.25, 0.3) is 0 Å². The fourth-order valence-electron chi connectivity index (χ4n) is 4.31. The summed E-state index contributed by atoms with van der Waals surface area (Å²) in [6, 6.07) is 11.2. The van der Waals surface area contributed by atoms with Crippen molar-refractivity contribution in [3.05, 3.63) is 52.0 Å². The Balaban J connectivity index is 1.42. The lowest BCUT2D eigenvalue weighted by atomic mass is 10.1. The number of piperazine rings is 1. The van der Waals surface area contributed by atoms with Gasteiger partial charge in [-0.05, 0) is 50.1 Å². The number of hydrogen-bond donors (Lipinski definition) is 2. The number of nitrogens with two attached hydrogens (primary N) is 1. The summed E-state index contributed by atoms with van der Waals surface area (Å²) in [4.78, 5) is 41.5. The third-order valence-electron chi connectivity index (χ3n) is 6.60. The maximum absolute atomic E-state index is 12.3. The van der Waals surface area contributed by atoms with E-state index in [0.717, 1.165) is 56.8 Å². The second-order valence-corrected chi connectivity index (χ2v) is 10.3. The van der Waals surface area contributed by atoms with Crippen LogP contribution in [0.5, 0.6) is 5.75 Å². The average Bonchev–Trinajstić information content (AvgIpc) is 2.94. The van der Waals surface area contributed by atoms with Crippen molar-refractivity contribution >= 4 is 52.4 Å². The molecule has 0 radical (unpaired) electrons. The van der Waals surface area contributed by atoms with Gasteiger partial charge in [0.05, 0.1) is 34.6 Å². The van der Waals surface area contributed by atoms with Crippen LogP contribution in [0.3, 0.4) is 0 Å². The maximum Gasteiger partial charge on any atom is 0.327 e. The number of hydrogen-bond acceptors (Lipinski definition) is 8. The highest BCUT2D eigenvalue weighted by Crippen LogP contribution is 2.33. The summed E-state index contributed by atoms with van der Waals surface area (Å²) in [7, 11) is 0. The van der Waals surface area contributed by atoms with E-state index in [1.807, 2.05) is 31.2 Å². The number of aryl methyl sites for hydroxylation is 1. The van der Waals surface area contributed by atoms with Crippen molar-refractivity contribution in [2.45, 2.75) is 26.7 Å². The van der Waals surface area contributed by atoms with Crippen LogP contribution in [0.15, 0.2) is 36.4 Å². The minimum absolute atomic E-state index is 0.226. The first-order valence-electron chi connectivity index (χ1n) is 13.2. The molecule has 1 aliphatic rings. The zero-order valence-electron chi connectivity index (χ0n) is 23.0. The van der Waals surface area contributed by atoms with Crippen LogP contribution in [-0.4, -0.2) is 81.8 Å². The lowest BCUT2D eigenvalue weighted by molar-refractivity contribution is -0.144. The number of anilines is 2. The van der Waals surface area contributed by atoms with E-state index in [2.05, 4.69) is 15.1 Å². The molecule has 10 nitrogen and oxygen atoms in total. The average molecular weight is 595 g/mol. The SMILES string of the molecule is CC(=O)N(COC(=O)CNC(=O)CN)c1cc(OCCCCN2CCN(c3cccc(Cl)c3Cl)CC2)ccc1C. The van der Waals surface area contributed by atoms with Crippen LogP contribution in [-0.2, 0) is 19.1 Å². The van der Waals surface area contributed by atoms with E-state index in [4.69, 9.17) is 38.4 Å². The van der Waals surface area contributed by atoms with Crippen molar-refractivity contribution in [2.24, 2.45) is 5.73 Å². The van der Waals surface area contributed by atoms with Gasteiger partial charge in [-0.3, -0.25) is 24.2 Å². The summed E-state index contributed by atoms with van der Waals surface area (Å²) < 4.78 is 11.1. The molecule has 218 valence electrons. The van der Waals surface area contributed by atoms with Crippen LogP contribution in [0.2, 0.25) is 10.0 Å². The molecule has 0 unspecified atom stereocenters. The van der Waals surface area contributed by atoms with Gasteiger partial charge in [-0.25, -0.2) is 0 Å². The molecule has 40 heavy (non-hydrogen) atoms. The fourth-order valence-corrected chi connectivity index (χ4v) is 4.72. The Morgan fingerprint density at radius 3 is 2.52 bits per heavy atom. The Labute approximate surface area is 245 Å². The predicted molar refractivity (Wildman–Crippen MR) is 157 cm³/mol. The Kier molecular flexibility index (Phi) is 12.3. The van der Waals surface area contributed by atoms with Crippen molar-refractivity contribution < 1.29 is 23.9 Å². The Morgan fingerprint density at radius 2 is 1.82 bits per heavy atom. The van der Waals surface area contributed by atoms with Crippen molar-refractivity contribution in [1.82, 2.24) is 10.2 Å². The van der Waals surface area contributed by atoms with Crippen LogP contribution in [0.1, 0.15) is 25.3 Å². The Bertz CT molecular complexity index is 1170. The van der Waals surface area contributed by atoms with Gasteiger partial charge in [-0.15, -0.1) is 0 Å². The summed E-state index contributed by atoms with van der Waals surface area (Å²) >= 11 is 12.5. The topological polar surface area (TPSA) is 117 Å². The number of ether oxygens (including phenoxy) is 2. The van der Waals surface area contributed by atoms with Crippen molar-refractivity contribution in [3.63, 3.8) is 0 Å². The minimum atomic E-state index is -0.673. The lowest BCUT2D eigenvalue weighted by Gasteiger charge is -2.36. The zero-order chi connectivity index (χ0) is 29.1. The summed E-state index contributed by atoms with van der Waals surface area (Å²) in [5.41, 5.74) is 7.60. The molecule has 0 aliphatic carbocycles. The molecular formula is C28H37Cl2N5O5. The highest BCUT2D eigenvalue weighted by molar-refractivity contribution is 6.43. The third-order valence-corrected chi connectivity index (χ3v) is 7.41. The zero-order valence-corrected chi connectivity index (χ0v) is 24.5. The molecule has 2 amide bonds. The number of carbonyl (C=O) groups excluding carboxylic acids is 3. The number of esters is 1. The molecule has 1 heterocycles. The van der Waals surface area contributed by atoms with E-state index >= 15 is 0 Å². The van der Waals surface area contributed by atoms with Crippen molar-refractivity contribution in [2.75, 3.05) is 69.0 Å². The number of halogens is 2. The van der Waals surface area contributed by atoms with Crippen molar-refractivity contribution in [1.29, 1.82) is 0 Å². The smallest absolute Gasteiger partial charge is 0.327 e. The Morgan fingerprint density at radius 1 is 1.07 bits per heavy atom. The first kappa shape index (κ1) is 31.5. The normalized spacial score (nSPS) is 13.6. The minimum Gasteiger partial charge on any atom is -0.494 e. The van der Waals surface area contributed by atoms with Crippen LogP contribution >= 0.6 is 23.2 Å². The standard InChI is InChI=1S/C28H37Cl2N5O5/c1-20-8-9-22(16-25(20)35(21(2)36)19-40-27(38)18-32-26(37)17-31)39-15-4-3-10-33-11-13-34(14-12-33)24-7-5-6-23(29)28(24)30/h5-9,16H,3-4,10-15,17-19,31H2,1-2H3,(H,32,37). The number of benzene rings is 2. The highest BCUT2D eigenvalue weighted by atomic mass is 35.5. The Hall–Kier alpha value is -3.05. The van der Waals surface area contributed by atoms with Crippen LogP contribution in [0, 0.1) is 6.92 Å². The molecule has 1 saturated heterocycles. The van der Waals surface area contributed by atoms with Gasteiger partial charge in [0, 0.05) is 39.2 Å². The molecule has 12 heteroatoms.